The van der Waals surface area contributed by atoms with E-state index in [-0.39, 0.29) is 0 Å². The first-order valence-corrected chi connectivity index (χ1v) is 7.33. The predicted molar refractivity (Wildman–Crippen MR) is 73.2 cm³/mol. The summed E-state index contributed by atoms with van der Waals surface area (Å²) in [5, 5.41) is 12.4. The molecule has 1 heterocycles. The fourth-order valence-electron chi connectivity index (χ4n) is 2.78. The van der Waals surface area contributed by atoms with Crippen LogP contribution in [0.2, 0.25) is 0 Å². The number of hydrogen-bond donors (Lipinski definition) is 2. The number of likely N-dealkylation sites (tertiary alicyclic amines) is 1. The van der Waals surface area contributed by atoms with E-state index in [1.54, 1.807) is 0 Å². The molecule has 1 aliphatic rings. The molecule has 0 aromatic carbocycles. The van der Waals surface area contributed by atoms with Gasteiger partial charge >= 0.3 is 0 Å². The lowest BCUT2D eigenvalue weighted by molar-refractivity contribution is 0.193. The van der Waals surface area contributed by atoms with Crippen molar-refractivity contribution < 1.29 is 5.11 Å². The van der Waals surface area contributed by atoms with Gasteiger partial charge in [0.25, 0.3) is 0 Å². The van der Waals surface area contributed by atoms with E-state index in [9.17, 15) is 0 Å². The quantitative estimate of drug-likeness (QED) is 0.606. The van der Waals surface area contributed by atoms with Crippen LogP contribution in [0.1, 0.15) is 46.0 Å². The van der Waals surface area contributed by atoms with Crippen molar-refractivity contribution in [2.75, 3.05) is 32.8 Å². The second-order valence-corrected chi connectivity index (χ2v) is 5.47. The first-order chi connectivity index (χ1) is 8.27. The fourth-order valence-corrected chi connectivity index (χ4v) is 2.78. The molecule has 0 saturated carbocycles. The average molecular weight is 242 g/mol. The molecule has 0 spiro atoms. The molecule has 1 aliphatic heterocycles. The van der Waals surface area contributed by atoms with Gasteiger partial charge in [-0.15, -0.1) is 0 Å². The highest BCUT2D eigenvalue weighted by atomic mass is 16.2. The van der Waals surface area contributed by atoms with E-state index in [4.69, 9.17) is 5.11 Å². The third-order valence-corrected chi connectivity index (χ3v) is 3.66. The molecule has 17 heavy (non-hydrogen) atoms. The molecule has 3 heteroatoms. The molecule has 0 bridgehead atoms. The second-order valence-electron chi connectivity index (χ2n) is 5.47. The maximum atomic E-state index is 8.91. The average Bonchev–Trinajstić information content (AvgIpc) is 2.74. The van der Waals surface area contributed by atoms with E-state index in [2.05, 4.69) is 24.1 Å². The van der Waals surface area contributed by atoms with Crippen molar-refractivity contribution >= 4 is 0 Å². The van der Waals surface area contributed by atoms with Crippen LogP contribution in [0.3, 0.4) is 0 Å². The maximum Gasteiger partial charge on any atom is 0.0431 e. The van der Waals surface area contributed by atoms with Crippen molar-refractivity contribution in [3.8, 4) is 0 Å². The third-order valence-electron chi connectivity index (χ3n) is 3.66. The highest BCUT2D eigenvalue weighted by Crippen LogP contribution is 2.22. The number of hydrogen-bond acceptors (Lipinski definition) is 3. The Hall–Kier alpha value is -0.120. The van der Waals surface area contributed by atoms with Crippen LogP contribution >= 0.6 is 0 Å². The summed E-state index contributed by atoms with van der Waals surface area (Å²) in [6.45, 7) is 9.64. The Morgan fingerprint density at radius 3 is 3.00 bits per heavy atom. The van der Waals surface area contributed by atoms with Gasteiger partial charge in [-0.2, -0.15) is 0 Å². The highest BCUT2D eigenvalue weighted by molar-refractivity contribution is 4.80. The lowest BCUT2D eigenvalue weighted by atomic mass is 10.1. The first kappa shape index (κ1) is 14.9. The normalized spacial score (nSPS) is 23.1. The van der Waals surface area contributed by atoms with Gasteiger partial charge in [0.05, 0.1) is 0 Å². The molecule has 0 aromatic rings. The number of nitrogens with zero attached hydrogens (tertiary/aromatic N) is 1. The van der Waals surface area contributed by atoms with Gasteiger partial charge in [-0.3, -0.25) is 0 Å². The minimum atomic E-state index is 0.345. The molecule has 1 saturated heterocycles. The van der Waals surface area contributed by atoms with Crippen LogP contribution in [0.15, 0.2) is 0 Å². The van der Waals surface area contributed by atoms with E-state index in [1.807, 2.05) is 0 Å². The topological polar surface area (TPSA) is 35.5 Å². The van der Waals surface area contributed by atoms with Gasteiger partial charge in [0, 0.05) is 19.2 Å². The lowest BCUT2D eigenvalue weighted by Gasteiger charge is -2.27. The van der Waals surface area contributed by atoms with Crippen molar-refractivity contribution in [2.45, 2.75) is 52.0 Å². The Kier molecular flexibility index (Phi) is 7.82. The zero-order chi connectivity index (χ0) is 12.5. The summed E-state index contributed by atoms with van der Waals surface area (Å²) in [5.74, 6) is 0.733. The van der Waals surface area contributed by atoms with Crippen molar-refractivity contribution in [1.29, 1.82) is 0 Å². The smallest absolute Gasteiger partial charge is 0.0431 e. The van der Waals surface area contributed by atoms with Crippen LogP contribution in [0.25, 0.3) is 0 Å². The Morgan fingerprint density at radius 2 is 2.29 bits per heavy atom. The Bertz CT molecular complexity index is 187. The van der Waals surface area contributed by atoms with Crippen LogP contribution in [-0.2, 0) is 0 Å². The van der Waals surface area contributed by atoms with Crippen LogP contribution in [0, 0.1) is 5.92 Å². The molecule has 1 rings (SSSR count). The van der Waals surface area contributed by atoms with Crippen LogP contribution in [-0.4, -0.2) is 48.8 Å². The first-order valence-electron chi connectivity index (χ1n) is 7.33. The van der Waals surface area contributed by atoms with Gasteiger partial charge in [0.15, 0.2) is 0 Å². The van der Waals surface area contributed by atoms with E-state index in [1.165, 1.54) is 38.8 Å². The number of rotatable bonds is 9. The monoisotopic (exact) mass is 242 g/mol. The molecule has 0 aromatic heterocycles. The van der Waals surface area contributed by atoms with Crippen molar-refractivity contribution in [1.82, 2.24) is 10.2 Å². The third kappa shape index (κ3) is 5.84. The van der Waals surface area contributed by atoms with Crippen molar-refractivity contribution in [3.05, 3.63) is 0 Å². The molecule has 0 radical (unpaired) electrons. The van der Waals surface area contributed by atoms with Crippen LogP contribution < -0.4 is 5.32 Å². The summed E-state index contributed by atoms with van der Waals surface area (Å²) in [4.78, 5) is 2.63. The van der Waals surface area contributed by atoms with E-state index in [0.29, 0.717) is 6.61 Å². The van der Waals surface area contributed by atoms with Crippen molar-refractivity contribution in [2.24, 2.45) is 5.92 Å². The van der Waals surface area contributed by atoms with Gasteiger partial charge in [0.1, 0.15) is 0 Å². The van der Waals surface area contributed by atoms with E-state index in [0.717, 1.165) is 31.5 Å². The Balaban J connectivity index is 2.19. The van der Waals surface area contributed by atoms with Gasteiger partial charge in [-0.05, 0) is 57.7 Å². The Morgan fingerprint density at radius 1 is 1.47 bits per heavy atom. The molecule has 2 N–H and O–H groups in total. The molecule has 0 amide bonds. The zero-order valence-corrected chi connectivity index (χ0v) is 11.6. The number of aliphatic hydroxyl groups excluding tert-OH is 1. The second kappa shape index (κ2) is 8.90. The van der Waals surface area contributed by atoms with Gasteiger partial charge < -0.3 is 15.3 Å². The summed E-state index contributed by atoms with van der Waals surface area (Å²) >= 11 is 0. The number of nitrogens with one attached hydrogen (secondary N) is 1. The standard InChI is InChI=1S/C14H30N2O/c1-3-8-15-11-13(2)12-16-9-4-6-14(16)7-5-10-17/h13-15,17H,3-12H2,1-2H3. The number of aliphatic hydroxyl groups is 1. The molecule has 0 aliphatic carbocycles. The molecule has 2 unspecified atom stereocenters. The molecule has 2 atom stereocenters. The summed E-state index contributed by atoms with van der Waals surface area (Å²) < 4.78 is 0. The van der Waals surface area contributed by atoms with Crippen molar-refractivity contribution in [3.63, 3.8) is 0 Å². The van der Waals surface area contributed by atoms with Crippen LogP contribution in [0.5, 0.6) is 0 Å². The molecule has 1 fully saturated rings. The Labute approximate surface area is 107 Å². The molecular formula is C14H30N2O. The largest absolute Gasteiger partial charge is 0.396 e. The van der Waals surface area contributed by atoms with Gasteiger partial charge in [-0.1, -0.05) is 13.8 Å². The highest BCUT2D eigenvalue weighted by Gasteiger charge is 2.24. The van der Waals surface area contributed by atoms with Crippen LogP contribution in [0.4, 0.5) is 0 Å². The molecular weight excluding hydrogens is 212 g/mol. The molecule has 3 nitrogen and oxygen atoms in total. The van der Waals surface area contributed by atoms with E-state index < -0.39 is 0 Å². The predicted octanol–water partition coefficient (Wildman–Crippen LogP) is 1.86. The minimum absolute atomic E-state index is 0.345. The summed E-state index contributed by atoms with van der Waals surface area (Å²) in [7, 11) is 0. The van der Waals surface area contributed by atoms with Gasteiger partial charge in [-0.25, -0.2) is 0 Å². The van der Waals surface area contributed by atoms with E-state index >= 15 is 0 Å². The zero-order valence-electron chi connectivity index (χ0n) is 11.6. The summed E-state index contributed by atoms with van der Waals surface area (Å²) in [6.07, 6.45) is 6.02. The fraction of sp³-hybridized carbons (Fsp3) is 1.00. The van der Waals surface area contributed by atoms with Gasteiger partial charge in [0.2, 0.25) is 0 Å². The molecule has 102 valence electrons. The summed E-state index contributed by atoms with van der Waals surface area (Å²) in [6, 6.07) is 0.732. The maximum absolute atomic E-state index is 8.91. The minimum Gasteiger partial charge on any atom is -0.396 e. The lowest BCUT2D eigenvalue weighted by Crippen LogP contribution is -2.36. The SMILES string of the molecule is CCCNCC(C)CN1CCCC1CCCO. The summed E-state index contributed by atoms with van der Waals surface area (Å²) in [5.41, 5.74) is 0.